The third-order valence-electron chi connectivity index (χ3n) is 2.14. The van der Waals surface area contributed by atoms with Gasteiger partial charge in [0.25, 0.3) is 0 Å². The molecular formula is C10H25N5. The molecule has 0 atom stereocenters. The smallest absolute Gasteiger partial charge is 0.0608 e. The fraction of sp³-hybridized carbons (Fsp3) is 1.00. The maximum Gasteiger partial charge on any atom is 0.0608 e. The van der Waals surface area contributed by atoms with Gasteiger partial charge >= 0.3 is 0 Å². The van der Waals surface area contributed by atoms with Gasteiger partial charge in [0.1, 0.15) is 0 Å². The first-order valence-corrected chi connectivity index (χ1v) is 5.86. The fourth-order valence-electron chi connectivity index (χ4n) is 1.26. The molecule has 0 saturated carbocycles. The van der Waals surface area contributed by atoms with Crippen LogP contribution in [0.25, 0.3) is 0 Å². The Balaban J connectivity index is 2.83. The van der Waals surface area contributed by atoms with Crippen LogP contribution in [0, 0.1) is 5.53 Å². The predicted molar refractivity (Wildman–Crippen MR) is 63.3 cm³/mol. The van der Waals surface area contributed by atoms with E-state index in [9.17, 15) is 0 Å². The van der Waals surface area contributed by atoms with Crippen molar-refractivity contribution in [2.75, 3.05) is 39.3 Å². The zero-order valence-electron chi connectivity index (χ0n) is 9.60. The van der Waals surface area contributed by atoms with Gasteiger partial charge < -0.3 is 16.4 Å². The van der Waals surface area contributed by atoms with E-state index in [1.165, 1.54) is 12.8 Å². The Bertz CT molecular complexity index is 129. The fourth-order valence-corrected chi connectivity index (χ4v) is 1.26. The monoisotopic (exact) mass is 215 g/mol. The third kappa shape index (κ3) is 13.5. The lowest BCUT2D eigenvalue weighted by Crippen LogP contribution is -2.21. The average Bonchev–Trinajstić information content (AvgIpc) is 2.26. The molecule has 90 valence electrons. The predicted octanol–water partition coefficient (Wildman–Crippen LogP) is 0.716. The molecule has 0 rings (SSSR count). The molecule has 0 aliphatic heterocycles. The summed E-state index contributed by atoms with van der Waals surface area (Å²) in [5.74, 6) is 0. The van der Waals surface area contributed by atoms with Gasteiger partial charge in [-0.05, 0) is 58.4 Å². The number of unbranched alkanes of at least 4 members (excludes halogenated alkanes) is 1. The summed E-state index contributed by atoms with van der Waals surface area (Å²) < 4.78 is 0. The molecule has 5 nitrogen and oxygen atoms in total. The molecule has 5 N–H and O–H groups in total. The van der Waals surface area contributed by atoms with Gasteiger partial charge in [-0.3, -0.25) is 0 Å². The lowest BCUT2D eigenvalue weighted by atomic mass is 10.3. The molecule has 0 saturated heterocycles. The van der Waals surface area contributed by atoms with Crippen LogP contribution in [0.2, 0.25) is 0 Å². The zero-order valence-corrected chi connectivity index (χ0v) is 9.60. The van der Waals surface area contributed by atoms with Crippen LogP contribution in [0.3, 0.4) is 0 Å². The van der Waals surface area contributed by atoms with Crippen LogP contribution in [0.15, 0.2) is 5.11 Å². The van der Waals surface area contributed by atoms with E-state index in [0.717, 1.165) is 45.6 Å². The van der Waals surface area contributed by atoms with Gasteiger partial charge in [-0.1, -0.05) is 0 Å². The quantitative estimate of drug-likeness (QED) is 0.286. The van der Waals surface area contributed by atoms with Crippen molar-refractivity contribution in [2.45, 2.75) is 25.7 Å². The maximum absolute atomic E-state index is 6.61. The first-order valence-electron chi connectivity index (χ1n) is 5.86. The van der Waals surface area contributed by atoms with E-state index in [2.05, 4.69) is 15.7 Å². The molecule has 0 aromatic carbocycles. The number of nitrogens with one attached hydrogen (secondary N) is 3. The Morgan fingerprint density at radius 2 is 1.40 bits per heavy atom. The van der Waals surface area contributed by atoms with Crippen molar-refractivity contribution in [1.29, 1.82) is 5.53 Å². The van der Waals surface area contributed by atoms with Gasteiger partial charge in [0.2, 0.25) is 0 Å². The van der Waals surface area contributed by atoms with Gasteiger partial charge in [-0.2, -0.15) is 5.11 Å². The lowest BCUT2D eigenvalue weighted by molar-refractivity contribution is 0.568. The minimum atomic E-state index is 0.646. The molecule has 0 fully saturated rings. The van der Waals surface area contributed by atoms with Gasteiger partial charge in [0.05, 0.1) is 6.54 Å². The molecule has 15 heavy (non-hydrogen) atoms. The molecular weight excluding hydrogens is 190 g/mol. The normalized spacial score (nSPS) is 10.5. The molecule has 5 heteroatoms. The second kappa shape index (κ2) is 13.5. The van der Waals surface area contributed by atoms with Crippen LogP contribution in [0.5, 0.6) is 0 Å². The molecule has 0 aliphatic rings. The second-order valence-electron chi connectivity index (χ2n) is 3.58. The van der Waals surface area contributed by atoms with Crippen LogP contribution in [-0.4, -0.2) is 39.3 Å². The molecule has 0 radical (unpaired) electrons. The number of hydrogen-bond donors (Lipinski definition) is 4. The highest BCUT2D eigenvalue weighted by molar-refractivity contribution is 4.53. The van der Waals surface area contributed by atoms with E-state index < -0.39 is 0 Å². The summed E-state index contributed by atoms with van der Waals surface area (Å²) in [5.41, 5.74) is 12.0. The van der Waals surface area contributed by atoms with E-state index in [1.807, 2.05) is 0 Å². The highest BCUT2D eigenvalue weighted by atomic mass is 15.0. The molecule has 0 aromatic rings. The van der Waals surface area contributed by atoms with Crippen molar-refractivity contribution in [3.63, 3.8) is 0 Å². The number of rotatable bonds is 12. The minimum absolute atomic E-state index is 0.646. The van der Waals surface area contributed by atoms with E-state index in [0.29, 0.717) is 6.54 Å². The molecule has 0 heterocycles. The summed E-state index contributed by atoms with van der Waals surface area (Å²) in [6, 6.07) is 0. The van der Waals surface area contributed by atoms with Crippen LogP contribution >= 0.6 is 0 Å². The van der Waals surface area contributed by atoms with Gasteiger partial charge in [0, 0.05) is 0 Å². The van der Waals surface area contributed by atoms with E-state index in [-0.39, 0.29) is 0 Å². The van der Waals surface area contributed by atoms with Crippen LogP contribution in [-0.2, 0) is 0 Å². The van der Waals surface area contributed by atoms with Gasteiger partial charge in [0.15, 0.2) is 0 Å². The Labute approximate surface area is 92.7 Å². The van der Waals surface area contributed by atoms with Crippen molar-refractivity contribution < 1.29 is 0 Å². The minimum Gasteiger partial charge on any atom is -0.330 e. The highest BCUT2D eigenvalue weighted by Crippen LogP contribution is 1.85. The van der Waals surface area contributed by atoms with E-state index in [4.69, 9.17) is 11.3 Å². The molecule has 0 amide bonds. The zero-order chi connectivity index (χ0) is 11.2. The van der Waals surface area contributed by atoms with Gasteiger partial charge in [-0.15, -0.1) is 0 Å². The Morgan fingerprint density at radius 3 is 1.93 bits per heavy atom. The number of nitrogens with zero attached hydrogens (tertiary/aromatic N) is 1. The van der Waals surface area contributed by atoms with Gasteiger partial charge in [-0.25, -0.2) is 5.53 Å². The van der Waals surface area contributed by atoms with Crippen molar-refractivity contribution in [2.24, 2.45) is 10.8 Å². The lowest BCUT2D eigenvalue weighted by Gasteiger charge is -2.04. The Morgan fingerprint density at radius 1 is 0.867 bits per heavy atom. The van der Waals surface area contributed by atoms with Crippen LogP contribution < -0.4 is 16.4 Å². The molecule has 0 bridgehead atoms. The molecule has 0 spiro atoms. The summed E-state index contributed by atoms with van der Waals surface area (Å²) >= 11 is 0. The first-order chi connectivity index (χ1) is 7.41. The Kier molecular flexibility index (Phi) is 13.0. The molecule has 0 aromatic heterocycles. The third-order valence-corrected chi connectivity index (χ3v) is 2.14. The average molecular weight is 215 g/mol. The maximum atomic E-state index is 6.61. The molecule has 0 unspecified atom stereocenters. The second-order valence-corrected chi connectivity index (χ2v) is 3.58. The summed E-state index contributed by atoms with van der Waals surface area (Å²) in [5, 5.41) is 9.98. The number of hydrogen-bond acceptors (Lipinski definition) is 5. The van der Waals surface area contributed by atoms with Crippen LogP contribution in [0.1, 0.15) is 25.7 Å². The first kappa shape index (κ1) is 14.5. The van der Waals surface area contributed by atoms with Crippen molar-refractivity contribution in [3.05, 3.63) is 0 Å². The van der Waals surface area contributed by atoms with E-state index >= 15 is 0 Å². The summed E-state index contributed by atoms with van der Waals surface area (Å²) in [6.07, 6.45) is 4.45. The summed E-state index contributed by atoms with van der Waals surface area (Å²) in [7, 11) is 0. The van der Waals surface area contributed by atoms with Crippen LogP contribution in [0.4, 0.5) is 0 Å². The SMILES string of the molecule is N=NCCCNCCCCNCCCN. The van der Waals surface area contributed by atoms with Crippen molar-refractivity contribution in [1.82, 2.24) is 10.6 Å². The summed E-state index contributed by atoms with van der Waals surface area (Å²) in [4.78, 5) is 0. The highest BCUT2D eigenvalue weighted by Gasteiger charge is 1.90. The topological polar surface area (TPSA) is 86.3 Å². The molecule has 0 aliphatic carbocycles. The van der Waals surface area contributed by atoms with Crippen molar-refractivity contribution >= 4 is 0 Å². The van der Waals surface area contributed by atoms with E-state index in [1.54, 1.807) is 0 Å². The summed E-state index contributed by atoms with van der Waals surface area (Å²) in [6.45, 7) is 5.58. The van der Waals surface area contributed by atoms with Crippen molar-refractivity contribution in [3.8, 4) is 0 Å². The largest absolute Gasteiger partial charge is 0.330 e. The Hall–Kier alpha value is -0.520. The number of nitrogens with two attached hydrogens (primary N) is 1. The standard InChI is InChI=1S/C10H25N5/c11-5-3-8-13-6-1-2-7-14-9-4-10-15-12/h12-14H,1-11H2.